The van der Waals surface area contributed by atoms with E-state index in [0.717, 1.165) is 18.5 Å². The van der Waals surface area contributed by atoms with E-state index in [0.29, 0.717) is 12.1 Å². The number of anilines is 1. The van der Waals surface area contributed by atoms with Gasteiger partial charge in [-0.3, -0.25) is 0 Å². The van der Waals surface area contributed by atoms with Gasteiger partial charge in [-0.15, -0.1) is 0 Å². The fraction of sp³-hybridized carbons (Fsp3) is 0.273. The Morgan fingerprint density at radius 2 is 2.07 bits per heavy atom. The van der Waals surface area contributed by atoms with Gasteiger partial charge >= 0.3 is 0 Å². The van der Waals surface area contributed by atoms with Crippen molar-refractivity contribution in [3.05, 3.63) is 35.4 Å². The first-order valence-corrected chi connectivity index (χ1v) is 4.83. The van der Waals surface area contributed by atoms with Crippen molar-refractivity contribution in [1.29, 1.82) is 0 Å². The molecule has 0 aromatic heterocycles. The second-order valence-electron chi connectivity index (χ2n) is 3.51. The molecule has 0 spiro atoms. The molecule has 2 rings (SSSR count). The minimum atomic E-state index is -0.703. The highest BCUT2D eigenvalue weighted by Gasteiger charge is 2.14. The second kappa shape index (κ2) is 3.98. The number of hydrogen-bond acceptors (Lipinski definition) is 2. The lowest BCUT2D eigenvalue weighted by Crippen LogP contribution is -2.20. The molecule has 4 heteroatoms. The first kappa shape index (κ1) is 10.1. The van der Waals surface area contributed by atoms with Crippen LogP contribution < -0.4 is 11.1 Å². The van der Waals surface area contributed by atoms with Gasteiger partial charge in [0.25, 0.3) is 0 Å². The Bertz CT molecular complexity index is 413. The van der Waals surface area contributed by atoms with Gasteiger partial charge in [-0.25, -0.2) is 8.78 Å². The Morgan fingerprint density at radius 3 is 2.73 bits per heavy atom. The van der Waals surface area contributed by atoms with E-state index in [9.17, 15) is 8.78 Å². The maximum Gasteiger partial charge on any atom is 0.156 e. The fourth-order valence-corrected chi connectivity index (χ4v) is 1.68. The molecule has 1 heterocycles. The third-order valence-electron chi connectivity index (χ3n) is 2.54. The maximum atomic E-state index is 13.6. The predicted molar refractivity (Wildman–Crippen MR) is 56.2 cm³/mol. The molecule has 0 saturated carbocycles. The average molecular weight is 210 g/mol. The van der Waals surface area contributed by atoms with Crippen molar-refractivity contribution >= 4 is 11.3 Å². The number of benzene rings is 1. The molecule has 0 saturated heterocycles. The zero-order chi connectivity index (χ0) is 10.8. The molecule has 2 nitrogen and oxygen atoms in total. The minimum absolute atomic E-state index is 0.396. The average Bonchev–Trinajstić information content (AvgIpc) is 2.27. The number of halogens is 2. The fourth-order valence-electron chi connectivity index (χ4n) is 1.68. The minimum Gasteiger partial charge on any atom is -0.394 e. The Balaban J connectivity index is 2.44. The zero-order valence-corrected chi connectivity index (χ0v) is 8.19. The number of nitrogen functional groups attached to an aromatic ring is 1. The molecule has 0 aliphatic carbocycles. The second-order valence-corrected chi connectivity index (χ2v) is 3.51. The standard InChI is InChI=1S/C11H12F2N2/c12-9-2-1-8(10(13)11(9)14)7-3-5-15-6-4-7/h1-3,15H,4-6,14H2. The Morgan fingerprint density at radius 1 is 1.27 bits per heavy atom. The van der Waals surface area contributed by atoms with E-state index in [-0.39, 0.29) is 0 Å². The van der Waals surface area contributed by atoms with Crippen LogP contribution in [0.5, 0.6) is 0 Å². The highest BCUT2D eigenvalue weighted by molar-refractivity contribution is 5.70. The van der Waals surface area contributed by atoms with Crippen molar-refractivity contribution in [1.82, 2.24) is 5.32 Å². The first-order chi connectivity index (χ1) is 7.20. The third kappa shape index (κ3) is 1.85. The van der Waals surface area contributed by atoms with Gasteiger partial charge in [0.05, 0.1) is 0 Å². The van der Waals surface area contributed by atoms with Gasteiger partial charge in [0.15, 0.2) is 5.82 Å². The maximum absolute atomic E-state index is 13.6. The van der Waals surface area contributed by atoms with Crippen LogP contribution in [-0.4, -0.2) is 13.1 Å². The van der Waals surface area contributed by atoms with Crippen molar-refractivity contribution in [3.8, 4) is 0 Å². The smallest absolute Gasteiger partial charge is 0.156 e. The molecule has 80 valence electrons. The largest absolute Gasteiger partial charge is 0.394 e. The van der Waals surface area contributed by atoms with E-state index in [1.165, 1.54) is 12.1 Å². The van der Waals surface area contributed by atoms with E-state index < -0.39 is 17.3 Å². The number of nitrogens with two attached hydrogens (primary N) is 1. The van der Waals surface area contributed by atoms with Gasteiger partial charge < -0.3 is 11.1 Å². The molecule has 1 aliphatic heterocycles. The molecule has 0 radical (unpaired) electrons. The van der Waals surface area contributed by atoms with Gasteiger partial charge in [-0.2, -0.15) is 0 Å². The summed E-state index contributed by atoms with van der Waals surface area (Å²) in [5.41, 5.74) is 6.20. The molecule has 0 fully saturated rings. The molecule has 0 unspecified atom stereocenters. The molecule has 0 amide bonds. The first-order valence-electron chi connectivity index (χ1n) is 4.83. The number of nitrogens with one attached hydrogen (secondary N) is 1. The quantitative estimate of drug-likeness (QED) is 0.695. The van der Waals surface area contributed by atoms with Gasteiger partial charge in [-0.05, 0) is 30.7 Å². The van der Waals surface area contributed by atoms with Crippen LogP contribution in [0, 0.1) is 11.6 Å². The van der Waals surface area contributed by atoms with Crippen molar-refractivity contribution in [2.75, 3.05) is 18.8 Å². The van der Waals surface area contributed by atoms with Gasteiger partial charge in [0, 0.05) is 12.1 Å². The van der Waals surface area contributed by atoms with Crippen LogP contribution in [0.4, 0.5) is 14.5 Å². The summed E-state index contributed by atoms with van der Waals surface area (Å²) in [7, 11) is 0. The molecule has 1 aliphatic rings. The van der Waals surface area contributed by atoms with Crippen LogP contribution in [-0.2, 0) is 0 Å². The van der Waals surface area contributed by atoms with Crippen LogP contribution >= 0.6 is 0 Å². The monoisotopic (exact) mass is 210 g/mol. The molecular weight excluding hydrogens is 198 g/mol. The molecule has 1 aromatic carbocycles. The lowest BCUT2D eigenvalue weighted by Gasteiger charge is -2.15. The van der Waals surface area contributed by atoms with Crippen LogP contribution in [0.25, 0.3) is 5.57 Å². The van der Waals surface area contributed by atoms with Gasteiger partial charge in [-0.1, -0.05) is 6.08 Å². The molecule has 0 atom stereocenters. The van der Waals surface area contributed by atoms with E-state index in [2.05, 4.69) is 5.32 Å². The van der Waals surface area contributed by atoms with E-state index in [4.69, 9.17) is 5.73 Å². The topological polar surface area (TPSA) is 38.0 Å². The molecular formula is C11H12F2N2. The summed E-state index contributed by atoms with van der Waals surface area (Å²) in [4.78, 5) is 0. The molecule has 3 N–H and O–H groups in total. The predicted octanol–water partition coefficient (Wildman–Crippen LogP) is 1.92. The Kier molecular flexibility index (Phi) is 2.68. The van der Waals surface area contributed by atoms with Gasteiger partial charge in [0.1, 0.15) is 11.5 Å². The molecule has 0 bridgehead atoms. The summed E-state index contributed by atoms with van der Waals surface area (Å²) in [5.74, 6) is -1.35. The highest BCUT2D eigenvalue weighted by atomic mass is 19.1. The Hall–Kier alpha value is -1.42. The normalized spacial score (nSPS) is 16.3. The van der Waals surface area contributed by atoms with Crippen LogP contribution in [0.1, 0.15) is 12.0 Å². The van der Waals surface area contributed by atoms with Crippen molar-refractivity contribution in [2.24, 2.45) is 0 Å². The SMILES string of the molecule is Nc1c(F)ccc(C2=CCNCC2)c1F. The number of rotatable bonds is 1. The molecule has 1 aromatic rings. The van der Waals surface area contributed by atoms with Crippen molar-refractivity contribution < 1.29 is 8.78 Å². The lowest BCUT2D eigenvalue weighted by atomic mass is 9.99. The Labute approximate surface area is 86.8 Å². The van der Waals surface area contributed by atoms with Crippen molar-refractivity contribution in [3.63, 3.8) is 0 Å². The third-order valence-corrected chi connectivity index (χ3v) is 2.54. The van der Waals surface area contributed by atoms with E-state index in [1.54, 1.807) is 0 Å². The highest BCUT2D eigenvalue weighted by Crippen LogP contribution is 2.27. The summed E-state index contributed by atoms with van der Waals surface area (Å²) in [5, 5.41) is 3.13. The lowest BCUT2D eigenvalue weighted by molar-refractivity contribution is 0.588. The number of hydrogen-bond donors (Lipinski definition) is 2. The summed E-state index contributed by atoms with van der Waals surface area (Å²) in [6.45, 7) is 1.52. The summed E-state index contributed by atoms with van der Waals surface area (Å²) in [6, 6.07) is 2.65. The van der Waals surface area contributed by atoms with Gasteiger partial charge in [0.2, 0.25) is 0 Å². The van der Waals surface area contributed by atoms with Crippen LogP contribution in [0.2, 0.25) is 0 Å². The van der Waals surface area contributed by atoms with Crippen LogP contribution in [0.3, 0.4) is 0 Å². The van der Waals surface area contributed by atoms with E-state index in [1.807, 2.05) is 6.08 Å². The molecule has 15 heavy (non-hydrogen) atoms. The van der Waals surface area contributed by atoms with E-state index >= 15 is 0 Å². The zero-order valence-electron chi connectivity index (χ0n) is 8.19. The summed E-state index contributed by atoms with van der Waals surface area (Å²) < 4.78 is 26.6. The summed E-state index contributed by atoms with van der Waals surface area (Å²) in [6.07, 6.45) is 2.64. The van der Waals surface area contributed by atoms with Crippen LogP contribution in [0.15, 0.2) is 18.2 Å². The van der Waals surface area contributed by atoms with Crippen molar-refractivity contribution in [2.45, 2.75) is 6.42 Å². The summed E-state index contributed by atoms with van der Waals surface area (Å²) >= 11 is 0.